The van der Waals surface area contributed by atoms with Gasteiger partial charge < -0.3 is 14.6 Å². The third-order valence-corrected chi connectivity index (χ3v) is 2.80. The number of carbonyl (C=O) groups is 1. The van der Waals surface area contributed by atoms with Gasteiger partial charge in [0.15, 0.2) is 18.1 Å². The number of benzene rings is 2. The summed E-state index contributed by atoms with van der Waals surface area (Å²) in [7, 11) is 0. The molecule has 2 rings (SSSR count). The van der Waals surface area contributed by atoms with E-state index < -0.39 is 0 Å². The van der Waals surface area contributed by atoms with E-state index in [0.29, 0.717) is 18.1 Å². The molecule has 120 valence electrons. The summed E-state index contributed by atoms with van der Waals surface area (Å²) in [5, 5.41) is 13.0. The first-order valence-corrected chi connectivity index (χ1v) is 7.14. The lowest BCUT2D eigenvalue weighted by atomic mass is 10.2. The fourth-order valence-electron chi connectivity index (χ4n) is 1.76. The molecule has 0 fully saturated rings. The lowest BCUT2D eigenvalue weighted by molar-refractivity contribution is -0.123. The predicted molar refractivity (Wildman–Crippen MR) is 86.9 cm³/mol. The second-order valence-electron chi connectivity index (χ2n) is 4.55. The fourth-order valence-corrected chi connectivity index (χ4v) is 1.76. The highest BCUT2D eigenvalue weighted by Gasteiger charge is 2.06. The third-order valence-electron chi connectivity index (χ3n) is 2.80. The number of phenols is 1. The fraction of sp³-hybridized carbons (Fsp3) is 0.176. The summed E-state index contributed by atoms with van der Waals surface area (Å²) in [5.74, 6) is 0.890. The molecule has 0 aliphatic rings. The number of aromatic hydroxyl groups is 1. The van der Waals surface area contributed by atoms with E-state index in [-0.39, 0.29) is 18.3 Å². The maximum atomic E-state index is 11.7. The molecule has 0 saturated carbocycles. The highest BCUT2D eigenvalue weighted by Crippen LogP contribution is 2.26. The lowest BCUT2D eigenvalue weighted by Crippen LogP contribution is -2.24. The van der Waals surface area contributed by atoms with Crippen LogP contribution in [0.15, 0.2) is 53.6 Å². The maximum Gasteiger partial charge on any atom is 0.277 e. The van der Waals surface area contributed by atoms with Crippen LogP contribution in [0.2, 0.25) is 0 Å². The van der Waals surface area contributed by atoms with E-state index in [0.717, 1.165) is 5.56 Å². The van der Waals surface area contributed by atoms with Crippen LogP contribution in [0.3, 0.4) is 0 Å². The molecule has 0 aromatic heterocycles. The van der Waals surface area contributed by atoms with E-state index >= 15 is 0 Å². The quantitative estimate of drug-likeness (QED) is 0.607. The molecule has 0 spiro atoms. The van der Waals surface area contributed by atoms with Crippen LogP contribution < -0.4 is 14.9 Å². The Bertz CT molecular complexity index is 669. The number of nitrogens with zero attached hydrogens (tertiary/aromatic N) is 1. The lowest BCUT2D eigenvalue weighted by Gasteiger charge is -2.10. The minimum Gasteiger partial charge on any atom is -0.508 e. The topological polar surface area (TPSA) is 80.2 Å². The van der Waals surface area contributed by atoms with Crippen molar-refractivity contribution in [3.63, 3.8) is 0 Å². The highest BCUT2D eigenvalue weighted by atomic mass is 16.5. The normalized spacial score (nSPS) is 10.5. The molecule has 2 N–H and O–H groups in total. The van der Waals surface area contributed by atoms with Crippen LogP contribution in [0.25, 0.3) is 0 Å². The number of hydrazone groups is 1. The van der Waals surface area contributed by atoms with Gasteiger partial charge in [-0.2, -0.15) is 5.10 Å². The molecule has 0 aliphatic heterocycles. The van der Waals surface area contributed by atoms with Crippen molar-refractivity contribution in [2.24, 2.45) is 5.10 Å². The predicted octanol–water partition coefficient (Wildman–Crippen LogP) is 2.32. The van der Waals surface area contributed by atoms with E-state index in [2.05, 4.69) is 10.5 Å². The maximum absolute atomic E-state index is 11.7. The van der Waals surface area contributed by atoms with Crippen molar-refractivity contribution in [2.75, 3.05) is 13.2 Å². The van der Waals surface area contributed by atoms with Crippen molar-refractivity contribution in [1.29, 1.82) is 0 Å². The number of nitrogens with one attached hydrogen (secondary N) is 1. The minimum absolute atomic E-state index is 0.170. The summed E-state index contributed by atoms with van der Waals surface area (Å²) in [4.78, 5) is 11.7. The monoisotopic (exact) mass is 314 g/mol. The first kappa shape index (κ1) is 16.4. The number of hydrogen-bond donors (Lipinski definition) is 2. The number of amides is 1. The first-order valence-electron chi connectivity index (χ1n) is 7.14. The summed E-state index contributed by atoms with van der Waals surface area (Å²) in [5.41, 5.74) is 3.12. The van der Waals surface area contributed by atoms with E-state index in [4.69, 9.17) is 14.6 Å². The van der Waals surface area contributed by atoms with Crippen molar-refractivity contribution < 1.29 is 19.4 Å². The Kier molecular flexibility index (Phi) is 5.99. The van der Waals surface area contributed by atoms with Crippen LogP contribution in [0.1, 0.15) is 12.5 Å². The number of rotatable bonds is 7. The number of phenolic OH excluding ortho intramolecular Hbond substituents is 1. The summed E-state index contributed by atoms with van der Waals surface area (Å²) in [6.45, 7) is 2.22. The van der Waals surface area contributed by atoms with Crippen LogP contribution in [0, 0.1) is 0 Å². The molecule has 0 aliphatic carbocycles. The second-order valence-corrected chi connectivity index (χ2v) is 4.55. The van der Waals surface area contributed by atoms with Crippen LogP contribution in [0.5, 0.6) is 17.2 Å². The molecule has 6 heteroatoms. The van der Waals surface area contributed by atoms with Gasteiger partial charge in [-0.15, -0.1) is 0 Å². The Morgan fingerprint density at radius 2 is 1.78 bits per heavy atom. The van der Waals surface area contributed by atoms with E-state index in [1.807, 2.05) is 13.0 Å². The molecule has 0 unspecified atom stereocenters. The van der Waals surface area contributed by atoms with Crippen molar-refractivity contribution in [2.45, 2.75) is 6.92 Å². The van der Waals surface area contributed by atoms with Crippen molar-refractivity contribution in [1.82, 2.24) is 5.43 Å². The molecule has 0 bridgehead atoms. The second kappa shape index (κ2) is 8.43. The standard InChI is InChI=1S/C17H18N2O4/c1-2-22-15-5-3-4-6-16(15)23-12-17(21)19-18-11-13-7-9-14(20)10-8-13/h3-11,20H,2,12H2,1H3,(H,19,21)/b18-11+. The van der Waals surface area contributed by atoms with E-state index in [1.165, 1.54) is 18.3 Å². The van der Waals surface area contributed by atoms with Gasteiger partial charge in [0.1, 0.15) is 5.75 Å². The van der Waals surface area contributed by atoms with E-state index in [1.54, 1.807) is 30.3 Å². The van der Waals surface area contributed by atoms with Gasteiger partial charge in [0, 0.05) is 0 Å². The molecule has 6 nitrogen and oxygen atoms in total. The molecule has 23 heavy (non-hydrogen) atoms. The average molecular weight is 314 g/mol. The molecule has 0 radical (unpaired) electrons. The number of carbonyl (C=O) groups excluding carboxylic acids is 1. The Balaban J connectivity index is 1.82. The summed E-state index contributed by atoms with van der Waals surface area (Å²) in [6, 6.07) is 13.6. The van der Waals surface area contributed by atoms with Gasteiger partial charge in [-0.25, -0.2) is 5.43 Å². The average Bonchev–Trinajstić information content (AvgIpc) is 2.56. The van der Waals surface area contributed by atoms with Gasteiger partial charge in [-0.1, -0.05) is 12.1 Å². The largest absolute Gasteiger partial charge is 0.508 e. The summed E-state index contributed by atoms with van der Waals surface area (Å²) >= 11 is 0. The van der Waals surface area contributed by atoms with Crippen LogP contribution in [0.4, 0.5) is 0 Å². The molecule has 0 heterocycles. The van der Waals surface area contributed by atoms with Gasteiger partial charge >= 0.3 is 0 Å². The molecule has 0 atom stereocenters. The van der Waals surface area contributed by atoms with Gasteiger partial charge in [0.05, 0.1) is 12.8 Å². The minimum atomic E-state index is -0.383. The smallest absolute Gasteiger partial charge is 0.277 e. The Morgan fingerprint density at radius 3 is 2.43 bits per heavy atom. The molecule has 2 aromatic rings. The van der Waals surface area contributed by atoms with Crippen LogP contribution in [-0.4, -0.2) is 30.4 Å². The SMILES string of the molecule is CCOc1ccccc1OCC(=O)N/N=C/c1ccc(O)cc1. The van der Waals surface area contributed by atoms with Crippen molar-refractivity contribution in [3.8, 4) is 17.2 Å². The zero-order valence-electron chi connectivity index (χ0n) is 12.7. The third kappa shape index (κ3) is 5.35. The van der Waals surface area contributed by atoms with Gasteiger partial charge in [-0.05, 0) is 48.9 Å². The zero-order valence-corrected chi connectivity index (χ0v) is 12.7. The van der Waals surface area contributed by atoms with Gasteiger partial charge in [-0.3, -0.25) is 4.79 Å². The Hall–Kier alpha value is -3.02. The first-order chi connectivity index (χ1) is 11.2. The molecular weight excluding hydrogens is 296 g/mol. The van der Waals surface area contributed by atoms with Crippen molar-refractivity contribution in [3.05, 3.63) is 54.1 Å². The Labute approximate surface area is 134 Å². The Morgan fingerprint density at radius 1 is 1.13 bits per heavy atom. The number of para-hydroxylation sites is 2. The zero-order chi connectivity index (χ0) is 16.5. The van der Waals surface area contributed by atoms with E-state index in [9.17, 15) is 4.79 Å². The number of ether oxygens (including phenoxy) is 2. The van der Waals surface area contributed by atoms with Gasteiger partial charge in [0.2, 0.25) is 0 Å². The molecule has 2 aromatic carbocycles. The molecular formula is C17H18N2O4. The number of hydrogen-bond acceptors (Lipinski definition) is 5. The summed E-state index contributed by atoms with van der Waals surface area (Å²) in [6.07, 6.45) is 1.48. The van der Waals surface area contributed by atoms with Crippen molar-refractivity contribution >= 4 is 12.1 Å². The van der Waals surface area contributed by atoms with Crippen LogP contribution in [-0.2, 0) is 4.79 Å². The molecule has 1 amide bonds. The summed E-state index contributed by atoms with van der Waals surface area (Å²) < 4.78 is 10.8. The molecule has 0 saturated heterocycles. The highest BCUT2D eigenvalue weighted by molar-refractivity contribution is 5.83. The van der Waals surface area contributed by atoms with Crippen LogP contribution >= 0.6 is 0 Å². The van der Waals surface area contributed by atoms with Gasteiger partial charge in [0.25, 0.3) is 5.91 Å².